The number of hydrogen-bond donors (Lipinski definition) is 3. The van der Waals surface area contributed by atoms with E-state index in [1.807, 2.05) is 38.1 Å². The number of nitrogens with two attached hydrogens (primary N) is 2. The van der Waals surface area contributed by atoms with Gasteiger partial charge in [-0.05, 0) is 49.7 Å². The third-order valence-corrected chi connectivity index (χ3v) is 4.31. The molecule has 6 nitrogen and oxygen atoms in total. The van der Waals surface area contributed by atoms with Crippen LogP contribution in [0.3, 0.4) is 0 Å². The summed E-state index contributed by atoms with van der Waals surface area (Å²) in [6.07, 6.45) is 0. The topological polar surface area (TPSA) is 111 Å². The molecule has 0 aliphatic rings. The van der Waals surface area contributed by atoms with Crippen LogP contribution in [0.4, 0.5) is 5.69 Å². The van der Waals surface area contributed by atoms with Gasteiger partial charge in [0.1, 0.15) is 5.76 Å². The zero-order chi connectivity index (χ0) is 17.0. The number of amides is 1. The van der Waals surface area contributed by atoms with Gasteiger partial charge in [0.2, 0.25) is 5.91 Å². The number of aromatic amines is 1. The number of nitrogen functional groups attached to an aromatic ring is 1. The van der Waals surface area contributed by atoms with Crippen LogP contribution >= 0.6 is 0 Å². The zero-order valence-electron chi connectivity index (χ0n) is 13.3. The largest absolute Gasteiger partial charge is 0.399 e. The molecule has 0 spiro atoms. The Morgan fingerprint density at radius 3 is 2.62 bits per heavy atom. The number of carbonyl (C=O) groups is 1. The Balaban J connectivity index is 2.13. The third-order valence-electron chi connectivity index (χ3n) is 4.31. The average Bonchev–Trinajstić information content (AvgIpc) is 3.06. The Bertz CT molecular complexity index is 1100. The number of aryl methyl sites for hydroxylation is 2. The van der Waals surface area contributed by atoms with Crippen molar-refractivity contribution in [1.82, 2.24) is 10.1 Å². The minimum absolute atomic E-state index is 0.444. The molecule has 2 aromatic heterocycles. The van der Waals surface area contributed by atoms with Gasteiger partial charge in [0, 0.05) is 38.6 Å². The van der Waals surface area contributed by atoms with Crippen LogP contribution in [0.25, 0.3) is 32.9 Å². The van der Waals surface area contributed by atoms with E-state index >= 15 is 0 Å². The summed E-state index contributed by atoms with van der Waals surface area (Å²) in [7, 11) is 0. The molecule has 4 rings (SSSR count). The van der Waals surface area contributed by atoms with Crippen molar-refractivity contribution in [3.63, 3.8) is 0 Å². The van der Waals surface area contributed by atoms with Crippen LogP contribution in [0.15, 0.2) is 34.9 Å². The second-order valence-electron chi connectivity index (χ2n) is 5.94. The SMILES string of the molecule is Cc1noc(C)c1-c1cc(C(N)=O)c2c(c1)[nH]c1ccc(N)cc12. The highest BCUT2D eigenvalue weighted by Crippen LogP contribution is 2.35. The van der Waals surface area contributed by atoms with Crippen molar-refractivity contribution in [3.8, 4) is 11.1 Å². The minimum Gasteiger partial charge on any atom is -0.399 e. The summed E-state index contributed by atoms with van der Waals surface area (Å²) < 4.78 is 5.24. The smallest absolute Gasteiger partial charge is 0.249 e. The molecule has 0 fully saturated rings. The first-order valence-electron chi connectivity index (χ1n) is 7.53. The van der Waals surface area contributed by atoms with Crippen LogP contribution in [-0.2, 0) is 0 Å². The number of benzene rings is 2. The molecule has 0 aliphatic carbocycles. The zero-order valence-corrected chi connectivity index (χ0v) is 13.3. The monoisotopic (exact) mass is 320 g/mol. The fourth-order valence-electron chi connectivity index (χ4n) is 3.29. The van der Waals surface area contributed by atoms with E-state index in [1.165, 1.54) is 0 Å². The fourth-order valence-corrected chi connectivity index (χ4v) is 3.29. The van der Waals surface area contributed by atoms with E-state index < -0.39 is 5.91 Å². The van der Waals surface area contributed by atoms with E-state index in [4.69, 9.17) is 16.0 Å². The number of nitrogens with zero attached hydrogens (tertiary/aromatic N) is 1. The molecule has 0 unspecified atom stereocenters. The molecule has 2 aromatic carbocycles. The van der Waals surface area contributed by atoms with Gasteiger partial charge in [0.05, 0.1) is 5.69 Å². The lowest BCUT2D eigenvalue weighted by atomic mass is 9.97. The number of hydrogen-bond acceptors (Lipinski definition) is 4. The number of rotatable bonds is 2. The molecule has 0 saturated carbocycles. The summed E-state index contributed by atoms with van der Waals surface area (Å²) in [5.74, 6) is 0.208. The Labute approximate surface area is 137 Å². The maximum atomic E-state index is 12.1. The standard InChI is InChI=1S/C18H16N4O2/c1-8-16(9(2)24-22-8)10-5-13(18(20)23)17-12-7-11(19)3-4-14(12)21-15(17)6-10/h3-7,21H,19H2,1-2H3,(H2,20,23). The van der Waals surface area contributed by atoms with Crippen LogP contribution in [0, 0.1) is 13.8 Å². The minimum atomic E-state index is -0.489. The first-order valence-corrected chi connectivity index (χ1v) is 7.53. The van der Waals surface area contributed by atoms with E-state index in [0.29, 0.717) is 17.0 Å². The molecule has 4 aromatic rings. The lowest BCUT2D eigenvalue weighted by Gasteiger charge is -2.06. The van der Waals surface area contributed by atoms with Crippen molar-refractivity contribution < 1.29 is 9.32 Å². The van der Waals surface area contributed by atoms with Gasteiger partial charge in [-0.3, -0.25) is 4.79 Å². The molecule has 120 valence electrons. The van der Waals surface area contributed by atoms with Crippen LogP contribution in [-0.4, -0.2) is 16.0 Å². The van der Waals surface area contributed by atoms with Gasteiger partial charge in [-0.15, -0.1) is 0 Å². The lowest BCUT2D eigenvalue weighted by molar-refractivity contribution is 0.100. The summed E-state index contributed by atoms with van der Waals surface area (Å²) in [6, 6.07) is 9.32. The van der Waals surface area contributed by atoms with Gasteiger partial charge in [-0.1, -0.05) is 5.16 Å². The van der Waals surface area contributed by atoms with Crippen molar-refractivity contribution in [2.75, 3.05) is 5.73 Å². The summed E-state index contributed by atoms with van der Waals surface area (Å²) in [4.78, 5) is 15.4. The second kappa shape index (κ2) is 4.86. The van der Waals surface area contributed by atoms with Gasteiger partial charge in [-0.2, -0.15) is 0 Å². The number of primary amides is 1. The van der Waals surface area contributed by atoms with Gasteiger partial charge >= 0.3 is 0 Å². The molecular formula is C18H16N4O2. The highest BCUT2D eigenvalue weighted by atomic mass is 16.5. The molecule has 0 bridgehead atoms. The quantitative estimate of drug-likeness (QED) is 0.492. The van der Waals surface area contributed by atoms with E-state index in [-0.39, 0.29) is 0 Å². The number of anilines is 1. The van der Waals surface area contributed by atoms with Crippen molar-refractivity contribution in [2.45, 2.75) is 13.8 Å². The normalized spacial score (nSPS) is 11.4. The lowest BCUT2D eigenvalue weighted by Crippen LogP contribution is -2.11. The number of carbonyl (C=O) groups excluding carboxylic acids is 1. The summed E-state index contributed by atoms with van der Waals surface area (Å²) in [6.45, 7) is 3.71. The first kappa shape index (κ1) is 14.3. The molecule has 0 radical (unpaired) electrons. The van der Waals surface area contributed by atoms with Gasteiger partial charge in [0.25, 0.3) is 0 Å². The molecule has 6 heteroatoms. The van der Waals surface area contributed by atoms with Crippen molar-refractivity contribution >= 4 is 33.4 Å². The summed E-state index contributed by atoms with van der Waals surface area (Å²) >= 11 is 0. The molecular weight excluding hydrogens is 304 g/mol. The molecule has 2 heterocycles. The number of H-pyrrole nitrogens is 1. The summed E-state index contributed by atoms with van der Waals surface area (Å²) in [5.41, 5.74) is 16.8. The Morgan fingerprint density at radius 2 is 1.96 bits per heavy atom. The van der Waals surface area contributed by atoms with Crippen molar-refractivity contribution in [2.24, 2.45) is 5.73 Å². The fraction of sp³-hybridized carbons (Fsp3) is 0.111. The van der Waals surface area contributed by atoms with Crippen LogP contribution < -0.4 is 11.5 Å². The molecule has 0 atom stereocenters. The second-order valence-corrected chi connectivity index (χ2v) is 5.94. The van der Waals surface area contributed by atoms with E-state index in [1.54, 1.807) is 6.07 Å². The summed E-state index contributed by atoms with van der Waals surface area (Å²) in [5, 5.41) is 5.64. The molecule has 5 N–H and O–H groups in total. The van der Waals surface area contributed by atoms with Crippen LogP contribution in [0.5, 0.6) is 0 Å². The molecule has 0 aliphatic heterocycles. The maximum absolute atomic E-state index is 12.1. The van der Waals surface area contributed by atoms with Crippen molar-refractivity contribution in [1.29, 1.82) is 0 Å². The Hall–Kier alpha value is -3.28. The van der Waals surface area contributed by atoms with E-state index in [9.17, 15) is 4.79 Å². The number of aromatic nitrogens is 2. The Morgan fingerprint density at radius 1 is 1.17 bits per heavy atom. The Kier molecular flexibility index (Phi) is 2.90. The van der Waals surface area contributed by atoms with E-state index in [2.05, 4.69) is 10.1 Å². The maximum Gasteiger partial charge on any atom is 0.249 e. The highest BCUT2D eigenvalue weighted by Gasteiger charge is 2.18. The first-order chi connectivity index (χ1) is 11.5. The predicted octanol–water partition coefficient (Wildman–Crippen LogP) is 3.27. The molecule has 1 amide bonds. The van der Waals surface area contributed by atoms with Gasteiger partial charge in [-0.25, -0.2) is 0 Å². The number of fused-ring (bicyclic) bond motifs is 3. The van der Waals surface area contributed by atoms with Crippen LogP contribution in [0.1, 0.15) is 21.8 Å². The molecule has 0 saturated heterocycles. The predicted molar refractivity (Wildman–Crippen MR) is 93.7 cm³/mol. The third kappa shape index (κ3) is 1.96. The average molecular weight is 320 g/mol. The van der Waals surface area contributed by atoms with Crippen LogP contribution in [0.2, 0.25) is 0 Å². The van der Waals surface area contributed by atoms with Gasteiger partial charge in [0.15, 0.2) is 0 Å². The van der Waals surface area contributed by atoms with Gasteiger partial charge < -0.3 is 21.0 Å². The van der Waals surface area contributed by atoms with Crippen molar-refractivity contribution in [3.05, 3.63) is 47.3 Å². The van der Waals surface area contributed by atoms with E-state index in [0.717, 1.165) is 38.6 Å². The highest BCUT2D eigenvalue weighted by molar-refractivity contribution is 6.18. The number of nitrogens with one attached hydrogen (secondary N) is 1. The molecule has 24 heavy (non-hydrogen) atoms.